The van der Waals surface area contributed by atoms with Crippen LogP contribution in [-0.4, -0.2) is 11.8 Å². The van der Waals surface area contributed by atoms with Gasteiger partial charge in [-0.3, -0.25) is 4.79 Å². The Bertz CT molecular complexity index is 1300. The second-order valence-corrected chi connectivity index (χ2v) is 8.48. The quantitative estimate of drug-likeness (QED) is 0.148. The van der Waals surface area contributed by atoms with E-state index < -0.39 is 5.97 Å². The molecule has 4 rings (SSSR count). The Morgan fingerprint density at radius 3 is 1.63 bits per heavy atom. The molecule has 0 saturated carbocycles. The molecule has 174 valence electrons. The average Bonchev–Trinajstić information content (AvgIpc) is 2.90. The first kappa shape index (κ1) is 23.9. The predicted octanol–water partition coefficient (Wildman–Crippen LogP) is 7.49. The highest BCUT2D eigenvalue weighted by Crippen LogP contribution is 2.25. The molecule has 0 aliphatic heterocycles. The van der Waals surface area contributed by atoms with Crippen molar-refractivity contribution in [3.05, 3.63) is 126 Å². The van der Waals surface area contributed by atoms with Crippen LogP contribution >= 0.6 is 0 Å². The van der Waals surface area contributed by atoms with E-state index in [1.165, 1.54) is 11.6 Å². The molecule has 0 unspecified atom stereocenters. The van der Waals surface area contributed by atoms with E-state index in [2.05, 4.69) is 37.8 Å². The Labute approximate surface area is 206 Å². The Balaban J connectivity index is 1.38. The molecule has 0 saturated heterocycles. The minimum atomic E-state index is -0.397. The van der Waals surface area contributed by atoms with E-state index in [0.717, 1.165) is 40.7 Å². The highest BCUT2D eigenvalue weighted by atomic mass is 16.5. The summed E-state index contributed by atoms with van der Waals surface area (Å²) in [7, 11) is 0. The first-order valence-corrected chi connectivity index (χ1v) is 11.8. The normalized spacial score (nSPS) is 10.5. The molecule has 0 bridgehead atoms. The summed E-state index contributed by atoms with van der Waals surface area (Å²) >= 11 is 0. The molecule has 0 aliphatic carbocycles. The van der Waals surface area contributed by atoms with E-state index in [1.54, 1.807) is 12.1 Å². The SMILES string of the molecule is C=CC(=O)Cc1ccc(-c2ccc(C(=O)Oc3ccc(-c4ccc(CCC)cc4)cc3)cc2)cc1. The van der Waals surface area contributed by atoms with Crippen molar-refractivity contribution in [1.82, 2.24) is 0 Å². The molecule has 0 radical (unpaired) electrons. The average molecular weight is 461 g/mol. The number of hydrogen-bond acceptors (Lipinski definition) is 3. The maximum atomic E-state index is 12.6. The van der Waals surface area contributed by atoms with Gasteiger partial charge in [-0.15, -0.1) is 0 Å². The van der Waals surface area contributed by atoms with Crippen molar-refractivity contribution in [3.8, 4) is 28.0 Å². The molecular weight excluding hydrogens is 432 g/mol. The number of ether oxygens (including phenoxy) is 1. The van der Waals surface area contributed by atoms with Crippen LogP contribution in [0.15, 0.2) is 110 Å². The van der Waals surface area contributed by atoms with Gasteiger partial charge in [0.05, 0.1) is 5.56 Å². The summed E-state index contributed by atoms with van der Waals surface area (Å²) in [5, 5.41) is 0. The zero-order valence-corrected chi connectivity index (χ0v) is 19.9. The lowest BCUT2D eigenvalue weighted by molar-refractivity contribution is -0.114. The number of ketones is 1. The van der Waals surface area contributed by atoms with Crippen molar-refractivity contribution in [2.24, 2.45) is 0 Å². The van der Waals surface area contributed by atoms with Gasteiger partial charge < -0.3 is 4.74 Å². The van der Waals surface area contributed by atoms with Crippen molar-refractivity contribution in [3.63, 3.8) is 0 Å². The van der Waals surface area contributed by atoms with Crippen molar-refractivity contribution in [2.45, 2.75) is 26.2 Å². The van der Waals surface area contributed by atoms with Gasteiger partial charge in [0.25, 0.3) is 0 Å². The summed E-state index contributed by atoms with van der Waals surface area (Å²) in [5.41, 5.74) is 6.98. The molecule has 3 heteroatoms. The molecule has 0 spiro atoms. The fourth-order valence-corrected chi connectivity index (χ4v) is 3.92. The van der Waals surface area contributed by atoms with Crippen molar-refractivity contribution in [1.29, 1.82) is 0 Å². The molecule has 0 heterocycles. The number of allylic oxidation sites excluding steroid dienone is 1. The van der Waals surface area contributed by atoms with Gasteiger partial charge in [0.15, 0.2) is 5.78 Å². The molecule has 0 aliphatic rings. The van der Waals surface area contributed by atoms with Gasteiger partial charge in [-0.25, -0.2) is 4.79 Å². The van der Waals surface area contributed by atoms with E-state index in [1.807, 2.05) is 60.7 Å². The summed E-state index contributed by atoms with van der Waals surface area (Å²) in [6.45, 7) is 5.69. The van der Waals surface area contributed by atoms with E-state index in [-0.39, 0.29) is 5.78 Å². The van der Waals surface area contributed by atoms with Gasteiger partial charge in [0.2, 0.25) is 0 Å². The van der Waals surface area contributed by atoms with Crippen LogP contribution in [0.1, 0.15) is 34.8 Å². The molecular formula is C32H28O3. The van der Waals surface area contributed by atoms with Crippen molar-refractivity contribution >= 4 is 11.8 Å². The van der Waals surface area contributed by atoms with Crippen LogP contribution < -0.4 is 4.74 Å². The lowest BCUT2D eigenvalue weighted by atomic mass is 10.0. The van der Waals surface area contributed by atoms with Crippen LogP contribution in [0.4, 0.5) is 0 Å². The van der Waals surface area contributed by atoms with E-state index in [0.29, 0.717) is 17.7 Å². The number of benzene rings is 4. The van der Waals surface area contributed by atoms with E-state index in [9.17, 15) is 9.59 Å². The summed E-state index contributed by atoms with van der Waals surface area (Å²) < 4.78 is 5.57. The van der Waals surface area contributed by atoms with E-state index >= 15 is 0 Å². The largest absolute Gasteiger partial charge is 0.423 e. The van der Waals surface area contributed by atoms with Crippen molar-refractivity contribution < 1.29 is 14.3 Å². The summed E-state index contributed by atoms with van der Waals surface area (Å²) in [6.07, 6.45) is 3.91. The molecule has 4 aromatic carbocycles. The Kier molecular flexibility index (Phi) is 7.69. The van der Waals surface area contributed by atoms with Crippen LogP contribution in [0.2, 0.25) is 0 Å². The minimum Gasteiger partial charge on any atom is -0.423 e. The highest BCUT2D eigenvalue weighted by Gasteiger charge is 2.10. The summed E-state index contributed by atoms with van der Waals surface area (Å²) in [5.74, 6) is 0.109. The maximum Gasteiger partial charge on any atom is 0.343 e. The van der Waals surface area contributed by atoms with Crippen LogP contribution in [0.5, 0.6) is 5.75 Å². The molecule has 0 amide bonds. The number of hydrogen-bond donors (Lipinski definition) is 0. The van der Waals surface area contributed by atoms with Gasteiger partial charge in [-0.2, -0.15) is 0 Å². The fourth-order valence-electron chi connectivity index (χ4n) is 3.92. The molecule has 35 heavy (non-hydrogen) atoms. The second kappa shape index (κ2) is 11.3. The molecule has 0 N–H and O–H groups in total. The van der Waals surface area contributed by atoms with Crippen molar-refractivity contribution in [2.75, 3.05) is 0 Å². The van der Waals surface area contributed by atoms with Gasteiger partial charge in [-0.1, -0.05) is 92.7 Å². The van der Waals surface area contributed by atoms with Crippen LogP contribution in [0, 0.1) is 0 Å². The topological polar surface area (TPSA) is 43.4 Å². The Hall–Kier alpha value is -4.24. The van der Waals surface area contributed by atoms with E-state index in [4.69, 9.17) is 4.74 Å². The molecule has 0 atom stereocenters. The fraction of sp³-hybridized carbons (Fsp3) is 0.125. The predicted molar refractivity (Wildman–Crippen MR) is 142 cm³/mol. The smallest absolute Gasteiger partial charge is 0.343 e. The molecule has 0 aromatic heterocycles. The minimum absolute atomic E-state index is 0.00341. The first-order valence-electron chi connectivity index (χ1n) is 11.8. The van der Waals surface area contributed by atoms with Crippen LogP contribution in [0.3, 0.4) is 0 Å². The van der Waals surface area contributed by atoms with Gasteiger partial charge in [0, 0.05) is 6.42 Å². The number of aryl methyl sites for hydroxylation is 1. The van der Waals surface area contributed by atoms with Gasteiger partial charge >= 0.3 is 5.97 Å². The third kappa shape index (κ3) is 6.21. The van der Waals surface area contributed by atoms with Gasteiger partial charge in [0.1, 0.15) is 5.75 Å². The number of esters is 1. The zero-order chi connectivity index (χ0) is 24.6. The molecule has 0 fully saturated rings. The zero-order valence-electron chi connectivity index (χ0n) is 19.9. The summed E-state index contributed by atoms with van der Waals surface area (Å²) in [4.78, 5) is 24.1. The highest BCUT2D eigenvalue weighted by molar-refractivity contribution is 5.92. The lowest BCUT2D eigenvalue weighted by Crippen LogP contribution is -2.08. The number of rotatable bonds is 9. The molecule has 4 aromatic rings. The lowest BCUT2D eigenvalue weighted by Gasteiger charge is -2.08. The maximum absolute atomic E-state index is 12.6. The Morgan fingerprint density at radius 1 is 0.686 bits per heavy atom. The number of carbonyl (C=O) groups excluding carboxylic acids is 2. The van der Waals surface area contributed by atoms with Crippen LogP contribution in [0.25, 0.3) is 22.3 Å². The molecule has 3 nitrogen and oxygen atoms in total. The third-order valence-electron chi connectivity index (χ3n) is 5.90. The second-order valence-electron chi connectivity index (χ2n) is 8.48. The Morgan fingerprint density at radius 2 is 1.14 bits per heavy atom. The van der Waals surface area contributed by atoms with Crippen LogP contribution in [-0.2, 0) is 17.6 Å². The monoisotopic (exact) mass is 460 g/mol. The van der Waals surface area contributed by atoms with Gasteiger partial charge in [-0.05, 0) is 70.1 Å². The standard InChI is InChI=1S/C32H28O3/c1-3-5-23-6-10-25(11-7-23)28-18-20-31(21-19-28)35-32(34)29-16-14-27(15-17-29)26-12-8-24(9-13-26)22-30(33)4-2/h4,6-21H,2-3,5,22H2,1H3. The first-order chi connectivity index (χ1) is 17.1. The third-order valence-corrected chi connectivity index (χ3v) is 5.90. The summed E-state index contributed by atoms with van der Waals surface area (Å²) in [6, 6.07) is 31.3. The number of carbonyl (C=O) groups is 2.